The van der Waals surface area contributed by atoms with E-state index in [-0.39, 0.29) is 12.2 Å². The fourth-order valence-electron chi connectivity index (χ4n) is 1.77. The molecule has 1 aromatic carbocycles. The molecule has 0 aliphatic rings. The topological polar surface area (TPSA) is 38.3 Å². The van der Waals surface area contributed by atoms with Gasteiger partial charge in [0.05, 0.1) is 0 Å². The van der Waals surface area contributed by atoms with E-state index < -0.39 is 0 Å². The number of rotatable bonds is 6. The Balaban J connectivity index is 2.52. The number of carbonyl (C=O) groups excluding carboxylic acids is 1. The van der Waals surface area contributed by atoms with E-state index in [1.165, 1.54) is 11.1 Å². The van der Waals surface area contributed by atoms with Gasteiger partial charge in [-0.25, -0.2) is 4.79 Å². The molecule has 0 aliphatic heterocycles. The average Bonchev–Trinajstić information content (AvgIpc) is 2.38. The summed E-state index contributed by atoms with van der Waals surface area (Å²) in [6, 6.07) is 8.21. The Morgan fingerprint density at radius 3 is 2.67 bits per heavy atom. The van der Waals surface area contributed by atoms with Crippen molar-refractivity contribution in [3.05, 3.63) is 35.4 Å². The minimum atomic E-state index is -0.308. The van der Waals surface area contributed by atoms with E-state index >= 15 is 0 Å². The summed E-state index contributed by atoms with van der Waals surface area (Å²) < 4.78 is 5.41. The van der Waals surface area contributed by atoms with Gasteiger partial charge in [0.15, 0.2) is 0 Å². The lowest BCUT2D eigenvalue weighted by atomic mass is 10.0. The Bertz CT molecular complexity index is 377. The van der Waals surface area contributed by atoms with Crippen LogP contribution in [0.15, 0.2) is 24.3 Å². The minimum Gasteiger partial charge on any atom is -0.446 e. The van der Waals surface area contributed by atoms with Crippen LogP contribution in [0.5, 0.6) is 0 Å². The Kier molecular flexibility index (Phi) is 6.26. The predicted octanol–water partition coefficient (Wildman–Crippen LogP) is 3.45. The summed E-state index contributed by atoms with van der Waals surface area (Å²) in [4.78, 5) is 11.5. The van der Waals surface area contributed by atoms with Crippen molar-refractivity contribution in [3.63, 3.8) is 0 Å². The second-order valence-electron chi connectivity index (χ2n) is 4.49. The standard InChI is InChI=1S/C15H23NO2/c1-4-10-16-15(17)18-14(5-2)11-13-9-7-6-8-12(13)3/h6-9,14H,4-5,10-11H2,1-3H3,(H,16,17). The van der Waals surface area contributed by atoms with Crippen LogP contribution in [0.2, 0.25) is 0 Å². The van der Waals surface area contributed by atoms with Gasteiger partial charge in [0.25, 0.3) is 0 Å². The third-order valence-electron chi connectivity index (χ3n) is 2.96. The molecule has 0 bridgehead atoms. The van der Waals surface area contributed by atoms with Crippen molar-refractivity contribution >= 4 is 6.09 Å². The average molecular weight is 249 g/mol. The molecule has 0 saturated carbocycles. The molecule has 18 heavy (non-hydrogen) atoms. The Morgan fingerprint density at radius 1 is 1.33 bits per heavy atom. The van der Waals surface area contributed by atoms with Crippen LogP contribution >= 0.6 is 0 Å². The predicted molar refractivity (Wildman–Crippen MR) is 73.7 cm³/mol. The van der Waals surface area contributed by atoms with Gasteiger partial charge in [-0.05, 0) is 30.9 Å². The molecular formula is C15H23NO2. The second kappa shape index (κ2) is 7.75. The van der Waals surface area contributed by atoms with Gasteiger partial charge in [-0.1, -0.05) is 38.1 Å². The van der Waals surface area contributed by atoms with E-state index in [0.29, 0.717) is 6.54 Å². The molecule has 1 aromatic rings. The molecule has 0 saturated heterocycles. The summed E-state index contributed by atoms with van der Waals surface area (Å²) in [7, 11) is 0. The van der Waals surface area contributed by atoms with Gasteiger partial charge >= 0.3 is 6.09 Å². The maximum Gasteiger partial charge on any atom is 0.407 e. The number of alkyl carbamates (subject to hydrolysis) is 1. The minimum absolute atomic E-state index is 0.0528. The molecule has 1 atom stereocenters. The van der Waals surface area contributed by atoms with Crippen LogP contribution < -0.4 is 5.32 Å². The van der Waals surface area contributed by atoms with Crippen LogP contribution in [0.25, 0.3) is 0 Å². The van der Waals surface area contributed by atoms with E-state index in [9.17, 15) is 4.79 Å². The van der Waals surface area contributed by atoms with Gasteiger partial charge in [-0.2, -0.15) is 0 Å². The molecule has 100 valence electrons. The molecular weight excluding hydrogens is 226 g/mol. The Labute approximate surface area is 110 Å². The van der Waals surface area contributed by atoms with Gasteiger partial charge in [0.1, 0.15) is 6.10 Å². The number of nitrogens with one attached hydrogen (secondary N) is 1. The van der Waals surface area contributed by atoms with Gasteiger partial charge in [-0.3, -0.25) is 0 Å². The lowest BCUT2D eigenvalue weighted by Crippen LogP contribution is -2.30. The molecule has 3 nitrogen and oxygen atoms in total. The normalized spacial score (nSPS) is 11.9. The van der Waals surface area contributed by atoms with Gasteiger partial charge in [0, 0.05) is 13.0 Å². The molecule has 0 spiro atoms. The van der Waals surface area contributed by atoms with Crippen molar-refractivity contribution in [1.82, 2.24) is 5.32 Å². The quantitative estimate of drug-likeness (QED) is 0.838. The Morgan fingerprint density at radius 2 is 2.06 bits per heavy atom. The number of carbonyl (C=O) groups is 1. The molecule has 0 aromatic heterocycles. The number of hydrogen-bond acceptors (Lipinski definition) is 2. The van der Waals surface area contributed by atoms with Gasteiger partial charge in [0.2, 0.25) is 0 Å². The van der Waals surface area contributed by atoms with Crippen molar-refractivity contribution in [2.75, 3.05) is 6.54 Å². The number of amides is 1. The van der Waals surface area contributed by atoms with Crippen LogP contribution in [-0.2, 0) is 11.2 Å². The number of ether oxygens (including phenoxy) is 1. The number of benzene rings is 1. The number of hydrogen-bond donors (Lipinski definition) is 1. The molecule has 0 aliphatic carbocycles. The van der Waals surface area contributed by atoms with Crippen LogP contribution in [0.1, 0.15) is 37.8 Å². The first kappa shape index (κ1) is 14.6. The first-order chi connectivity index (χ1) is 8.67. The highest BCUT2D eigenvalue weighted by Gasteiger charge is 2.13. The SMILES string of the molecule is CCCNC(=O)OC(CC)Cc1ccccc1C. The highest BCUT2D eigenvalue weighted by atomic mass is 16.6. The van der Waals surface area contributed by atoms with Crippen molar-refractivity contribution in [2.24, 2.45) is 0 Å². The molecule has 1 rings (SSSR count). The zero-order valence-electron chi connectivity index (χ0n) is 11.5. The molecule has 1 amide bonds. The van der Waals surface area contributed by atoms with E-state index in [2.05, 4.69) is 24.4 Å². The number of aryl methyl sites for hydroxylation is 1. The molecule has 3 heteroatoms. The second-order valence-corrected chi connectivity index (χ2v) is 4.49. The monoisotopic (exact) mass is 249 g/mol. The van der Waals surface area contributed by atoms with Crippen molar-refractivity contribution in [3.8, 4) is 0 Å². The molecule has 0 fully saturated rings. The van der Waals surface area contributed by atoms with Gasteiger partial charge in [-0.15, -0.1) is 0 Å². The molecule has 1 N–H and O–H groups in total. The summed E-state index contributed by atoms with van der Waals surface area (Å²) in [5.74, 6) is 0. The lowest BCUT2D eigenvalue weighted by Gasteiger charge is -2.17. The van der Waals surface area contributed by atoms with Crippen LogP contribution in [-0.4, -0.2) is 18.7 Å². The summed E-state index contributed by atoms with van der Waals surface area (Å²) in [5, 5.41) is 2.74. The maximum absolute atomic E-state index is 11.5. The van der Waals surface area contributed by atoms with Crippen molar-refractivity contribution < 1.29 is 9.53 Å². The van der Waals surface area contributed by atoms with Crippen LogP contribution in [0, 0.1) is 6.92 Å². The highest BCUT2D eigenvalue weighted by Crippen LogP contribution is 2.13. The summed E-state index contributed by atoms with van der Waals surface area (Å²) >= 11 is 0. The molecule has 0 heterocycles. The van der Waals surface area contributed by atoms with E-state index in [1.807, 2.05) is 26.0 Å². The summed E-state index contributed by atoms with van der Waals surface area (Å²) in [5.41, 5.74) is 2.49. The molecule has 0 radical (unpaired) electrons. The lowest BCUT2D eigenvalue weighted by molar-refractivity contribution is 0.0952. The van der Waals surface area contributed by atoms with Crippen molar-refractivity contribution in [2.45, 2.75) is 46.1 Å². The zero-order valence-corrected chi connectivity index (χ0v) is 11.5. The van der Waals surface area contributed by atoms with Crippen LogP contribution in [0.3, 0.4) is 0 Å². The first-order valence-electron chi connectivity index (χ1n) is 6.66. The van der Waals surface area contributed by atoms with Crippen molar-refractivity contribution in [1.29, 1.82) is 0 Å². The smallest absolute Gasteiger partial charge is 0.407 e. The fourth-order valence-corrected chi connectivity index (χ4v) is 1.77. The van der Waals surface area contributed by atoms with E-state index in [0.717, 1.165) is 19.3 Å². The highest BCUT2D eigenvalue weighted by molar-refractivity contribution is 5.67. The largest absolute Gasteiger partial charge is 0.446 e. The fraction of sp³-hybridized carbons (Fsp3) is 0.533. The Hall–Kier alpha value is -1.51. The summed E-state index contributed by atoms with van der Waals surface area (Å²) in [6.45, 7) is 6.81. The third kappa shape index (κ3) is 4.78. The summed E-state index contributed by atoms with van der Waals surface area (Å²) in [6.07, 6.45) is 2.17. The van der Waals surface area contributed by atoms with E-state index in [1.54, 1.807) is 0 Å². The zero-order chi connectivity index (χ0) is 13.4. The molecule has 1 unspecified atom stereocenters. The van der Waals surface area contributed by atoms with Gasteiger partial charge < -0.3 is 10.1 Å². The third-order valence-corrected chi connectivity index (χ3v) is 2.96. The van der Waals surface area contributed by atoms with E-state index in [4.69, 9.17) is 4.74 Å². The maximum atomic E-state index is 11.5. The van der Waals surface area contributed by atoms with Crippen LogP contribution in [0.4, 0.5) is 4.79 Å². The first-order valence-corrected chi connectivity index (χ1v) is 6.66.